The van der Waals surface area contributed by atoms with Crippen molar-refractivity contribution in [3.05, 3.63) is 168 Å². The number of aldehydes is 1. The van der Waals surface area contributed by atoms with Gasteiger partial charge >= 0.3 is 53.8 Å². The third kappa shape index (κ3) is 26.3. The normalized spacial score (nSPS) is 10.4. The molecule has 0 aliphatic rings. The Labute approximate surface area is 535 Å². The number of benzene rings is 4. The standard InChI is InChI=1S/C17H21N3O4.C16H22N4O2.C15H17N3O3.C11H14N4.CH5N.CH4.B.Na.H/c1-5-23-15(21)13-11-14(18-16(22)24-17(2,3)4)20(19-13)12-9-7-6-8-10-12;1-16(2,3)22-15(21)18-14-10-12(11-17-4)19-20(14)13-8-6-5-7-9-13;1-15(2,3)21-14(20)16-13-9-11(10-19)17-18(13)12-7-5-4-6-8-12;1-13-8-9-7-11(12)15(14-9)10-5-3-2-4-6-10;1-2;;;;/h6-11H,5H2,1-4H3,(H,18,22);5-10,17H,11H2,1-4H3,(H,18,21);4-10H,1-3H3,(H,16,20);2-7,13H,8,12H2,1H3;2H2,1H3;1H4;;;/q;;;;;;;+1;-1. The molecule has 4 heterocycles. The van der Waals surface area contributed by atoms with Gasteiger partial charge in [0.2, 0.25) is 0 Å². The van der Waals surface area contributed by atoms with Crippen molar-refractivity contribution in [2.45, 2.75) is 107 Å². The van der Waals surface area contributed by atoms with Crippen LogP contribution in [0.3, 0.4) is 0 Å². The average molecular weight is 1210 g/mol. The van der Waals surface area contributed by atoms with Crippen LogP contribution in [0.15, 0.2) is 146 Å². The Kier molecular flexibility index (Phi) is 32.6. The molecule has 26 heteroatoms. The van der Waals surface area contributed by atoms with E-state index in [2.05, 4.69) is 52.7 Å². The van der Waals surface area contributed by atoms with E-state index >= 15 is 0 Å². The third-order valence-electron chi connectivity index (χ3n) is 10.2. The summed E-state index contributed by atoms with van der Waals surface area (Å²) in [5, 5.41) is 31.3. The molecular weight excluding hydrogens is 1120 g/mol. The molecule has 8 rings (SSSR count). The van der Waals surface area contributed by atoms with E-state index in [1.165, 1.54) is 28.5 Å². The van der Waals surface area contributed by atoms with Gasteiger partial charge in [-0.2, -0.15) is 20.4 Å². The number of nitrogen functional groups attached to an aromatic ring is 1. The summed E-state index contributed by atoms with van der Waals surface area (Å²) in [6.07, 6.45) is -1.10. The fourth-order valence-corrected chi connectivity index (χ4v) is 7.12. The number of nitrogens with one attached hydrogen (secondary N) is 5. The van der Waals surface area contributed by atoms with Crippen molar-refractivity contribution < 1.29 is 73.9 Å². The molecule has 0 bridgehead atoms. The van der Waals surface area contributed by atoms with E-state index in [4.69, 9.17) is 24.7 Å². The summed E-state index contributed by atoms with van der Waals surface area (Å²) in [4.78, 5) is 58.7. The van der Waals surface area contributed by atoms with Crippen molar-refractivity contribution in [2.24, 2.45) is 5.73 Å². The number of para-hydroxylation sites is 4. The summed E-state index contributed by atoms with van der Waals surface area (Å²) < 4.78 is 27.1. The second kappa shape index (κ2) is 37.1. The molecule has 3 amide bonds. The molecule has 0 unspecified atom stereocenters. The maximum absolute atomic E-state index is 12.0. The zero-order valence-corrected chi connectivity index (χ0v) is 53.5. The van der Waals surface area contributed by atoms with Gasteiger partial charge in [-0.3, -0.25) is 20.7 Å². The summed E-state index contributed by atoms with van der Waals surface area (Å²) in [6, 6.07) is 44.5. The van der Waals surface area contributed by atoms with Crippen molar-refractivity contribution in [3.63, 3.8) is 0 Å². The van der Waals surface area contributed by atoms with E-state index in [9.17, 15) is 24.0 Å². The van der Waals surface area contributed by atoms with Gasteiger partial charge in [0.05, 0.1) is 40.7 Å². The second-order valence-corrected chi connectivity index (χ2v) is 20.7. The number of carbonyl (C=O) groups excluding carboxylic acids is 5. The molecule has 0 spiro atoms. The number of anilines is 4. The minimum atomic E-state index is -0.633. The van der Waals surface area contributed by atoms with Crippen LogP contribution in [-0.2, 0) is 32.0 Å². The Hall–Kier alpha value is -8.59. The molecule has 4 aromatic carbocycles. The number of nitrogens with two attached hydrogens (primary N) is 2. The van der Waals surface area contributed by atoms with E-state index in [1.54, 1.807) is 57.8 Å². The van der Waals surface area contributed by atoms with Crippen molar-refractivity contribution in [1.29, 1.82) is 0 Å². The van der Waals surface area contributed by atoms with E-state index in [1.807, 2.05) is 168 Å². The molecule has 0 fully saturated rings. The number of amides is 3. The first-order valence-electron chi connectivity index (χ1n) is 26.7. The van der Waals surface area contributed by atoms with Gasteiger partial charge in [-0.15, -0.1) is 0 Å². The average Bonchev–Trinajstić information content (AvgIpc) is 2.70. The molecular formula is C61H84BN15NaO9. The van der Waals surface area contributed by atoms with Crippen LogP contribution in [-0.4, -0.2) is 123 Å². The van der Waals surface area contributed by atoms with Gasteiger partial charge in [-0.05, 0) is 139 Å². The summed E-state index contributed by atoms with van der Waals surface area (Å²) in [6.45, 7) is 19.4. The van der Waals surface area contributed by atoms with Crippen molar-refractivity contribution in [2.75, 3.05) is 49.4 Å². The molecule has 24 nitrogen and oxygen atoms in total. The van der Waals surface area contributed by atoms with Crippen LogP contribution in [0.25, 0.3) is 22.7 Å². The first-order chi connectivity index (χ1) is 39.9. The van der Waals surface area contributed by atoms with Crippen LogP contribution in [0.1, 0.15) is 110 Å². The van der Waals surface area contributed by atoms with E-state index in [0.717, 1.165) is 35.0 Å². The molecule has 0 saturated heterocycles. The van der Waals surface area contributed by atoms with Crippen LogP contribution < -0.4 is 67.6 Å². The number of nitrogens with zero attached hydrogens (tertiary/aromatic N) is 8. The summed E-state index contributed by atoms with van der Waals surface area (Å²) in [5.74, 6) is 1.37. The quantitative estimate of drug-likeness (QED) is 0.0240. The number of aromatic nitrogens is 8. The second-order valence-electron chi connectivity index (χ2n) is 20.7. The Balaban J connectivity index is 0.00000113. The predicted octanol–water partition coefficient (Wildman–Crippen LogP) is 7.49. The van der Waals surface area contributed by atoms with Gasteiger partial charge < -0.3 is 42.5 Å². The van der Waals surface area contributed by atoms with E-state index in [-0.39, 0.29) is 64.8 Å². The number of esters is 1. The van der Waals surface area contributed by atoms with Crippen LogP contribution in [0.2, 0.25) is 0 Å². The number of hydrogen-bond acceptors (Lipinski definition) is 17. The predicted molar refractivity (Wildman–Crippen MR) is 339 cm³/mol. The summed E-state index contributed by atoms with van der Waals surface area (Å²) >= 11 is 0. The first-order valence-corrected chi connectivity index (χ1v) is 26.7. The minimum absolute atomic E-state index is 0. The Morgan fingerprint density at radius 2 is 0.839 bits per heavy atom. The molecule has 0 aliphatic heterocycles. The molecule has 461 valence electrons. The monoisotopic (exact) mass is 1200 g/mol. The molecule has 0 aliphatic carbocycles. The molecule has 0 atom stereocenters. The van der Waals surface area contributed by atoms with Gasteiger partial charge in [-0.25, -0.2) is 37.9 Å². The maximum atomic E-state index is 12.0. The zero-order chi connectivity index (χ0) is 62.0. The SMILES string of the molecule is C.CC(C)(C)OC(=O)Nc1cc(C=O)nn1-c1ccccc1.CCOC(=O)c1cc(NC(=O)OC(C)(C)C)n(-c2ccccc2)n1.CN.CNCc1cc(N)n(-c2ccccc2)n1.CNCc1cc(NC(=O)OC(C)(C)C)n(-c2ccccc2)n1.[B].[H-].[Na+]. The van der Waals surface area contributed by atoms with E-state index in [0.29, 0.717) is 41.8 Å². The fraction of sp³-hybridized carbons (Fsp3) is 0.328. The van der Waals surface area contributed by atoms with Crippen molar-refractivity contribution in [3.8, 4) is 22.7 Å². The summed E-state index contributed by atoms with van der Waals surface area (Å²) in [7, 11) is 5.24. The Morgan fingerprint density at radius 3 is 1.20 bits per heavy atom. The molecule has 4 aromatic heterocycles. The maximum Gasteiger partial charge on any atom is 1.00 e. The summed E-state index contributed by atoms with van der Waals surface area (Å²) in [5.41, 5.74) is 14.0. The first kappa shape index (κ1) is 76.4. The fourth-order valence-electron chi connectivity index (χ4n) is 7.12. The number of hydrogen-bond donors (Lipinski definition) is 7. The number of rotatable bonds is 14. The van der Waals surface area contributed by atoms with Crippen LogP contribution in [0.4, 0.5) is 37.7 Å². The number of carbonyl (C=O) groups is 5. The van der Waals surface area contributed by atoms with Gasteiger partial charge in [0, 0.05) is 45.8 Å². The molecule has 8 aromatic rings. The molecule has 0 saturated carbocycles. The molecule has 3 radical (unpaired) electrons. The smallest absolute Gasteiger partial charge is 1.00 e. The largest absolute Gasteiger partial charge is 1.00 e. The topological polar surface area (TPSA) is 306 Å². The molecule has 9 N–H and O–H groups in total. The zero-order valence-electron chi connectivity index (χ0n) is 52.5. The molecule has 87 heavy (non-hydrogen) atoms. The Bertz CT molecular complexity index is 3330. The van der Waals surface area contributed by atoms with Gasteiger partial charge in [0.15, 0.2) is 12.0 Å². The van der Waals surface area contributed by atoms with Crippen molar-refractivity contribution in [1.82, 2.24) is 49.8 Å². The van der Waals surface area contributed by atoms with Crippen molar-refractivity contribution >= 4 is 62.2 Å². The minimum Gasteiger partial charge on any atom is -1.00 e. The van der Waals surface area contributed by atoms with Crippen LogP contribution in [0.5, 0.6) is 0 Å². The van der Waals surface area contributed by atoms with Crippen LogP contribution >= 0.6 is 0 Å². The van der Waals surface area contributed by atoms with Gasteiger partial charge in [0.25, 0.3) is 0 Å². The number of ether oxygens (including phenoxy) is 4. The van der Waals surface area contributed by atoms with E-state index < -0.39 is 41.1 Å². The van der Waals surface area contributed by atoms with Gasteiger partial charge in [-0.1, -0.05) is 80.2 Å². The third-order valence-corrected chi connectivity index (χ3v) is 10.2. The van der Waals surface area contributed by atoms with Gasteiger partial charge in [0.1, 0.15) is 45.8 Å². The Morgan fingerprint density at radius 1 is 0.517 bits per heavy atom. The van der Waals surface area contributed by atoms with Crippen LogP contribution in [0, 0.1) is 0 Å².